The molecule has 1 heterocycles. The van der Waals surface area contributed by atoms with Crippen molar-refractivity contribution in [2.24, 2.45) is 0 Å². The minimum absolute atomic E-state index is 0.462. The van der Waals surface area contributed by atoms with Gasteiger partial charge in [0.05, 0.1) is 5.52 Å². The highest BCUT2D eigenvalue weighted by Crippen LogP contribution is 2.27. The minimum Gasteiger partial charge on any atom is -0.476 e. The van der Waals surface area contributed by atoms with Gasteiger partial charge in [-0.25, -0.2) is 4.98 Å². The maximum Gasteiger partial charge on any atom is 0.214 e. The van der Waals surface area contributed by atoms with Crippen molar-refractivity contribution in [2.75, 3.05) is 27.2 Å². The fourth-order valence-electron chi connectivity index (χ4n) is 2.06. The Labute approximate surface area is 115 Å². The van der Waals surface area contributed by atoms with Crippen LogP contribution in [-0.4, -0.2) is 37.1 Å². The summed E-state index contributed by atoms with van der Waals surface area (Å²) < 4.78 is 5.76. The largest absolute Gasteiger partial charge is 0.476 e. The Morgan fingerprint density at radius 3 is 2.63 bits per heavy atom. The third kappa shape index (κ3) is 3.44. The van der Waals surface area contributed by atoms with Gasteiger partial charge in [0.1, 0.15) is 6.61 Å². The van der Waals surface area contributed by atoms with Crippen molar-refractivity contribution in [2.45, 2.75) is 19.8 Å². The van der Waals surface area contributed by atoms with Crippen molar-refractivity contribution < 1.29 is 4.74 Å². The number of fused-ring (bicyclic) bond motifs is 1. The van der Waals surface area contributed by atoms with Gasteiger partial charge in [0, 0.05) is 18.0 Å². The molecule has 0 saturated carbocycles. The molecule has 2 rings (SSSR count). The molecule has 0 bridgehead atoms. The average Bonchev–Trinajstić information content (AvgIpc) is 2.37. The normalized spacial score (nSPS) is 11.5. The van der Waals surface area contributed by atoms with Gasteiger partial charge in [-0.15, -0.1) is 0 Å². The van der Waals surface area contributed by atoms with E-state index in [1.165, 1.54) is 10.9 Å². The Morgan fingerprint density at radius 1 is 1.21 bits per heavy atom. The van der Waals surface area contributed by atoms with Crippen LogP contribution >= 0.6 is 0 Å². The molecule has 1 aromatic heterocycles. The smallest absolute Gasteiger partial charge is 0.214 e. The Bertz CT molecular complexity index is 549. The molecular formula is C16H22N2O. The van der Waals surface area contributed by atoms with Crippen molar-refractivity contribution in [1.29, 1.82) is 0 Å². The quantitative estimate of drug-likeness (QED) is 0.823. The summed E-state index contributed by atoms with van der Waals surface area (Å²) in [5, 5.41) is 1.22. The predicted octanol–water partition coefficient (Wildman–Crippen LogP) is 3.30. The number of likely N-dealkylation sites (N-methyl/N-ethyl adjacent to an activating group) is 1. The van der Waals surface area contributed by atoms with Gasteiger partial charge in [0.15, 0.2) is 0 Å². The second kappa shape index (κ2) is 6.02. The summed E-state index contributed by atoms with van der Waals surface area (Å²) in [5.74, 6) is 1.19. The first-order valence-electron chi connectivity index (χ1n) is 6.75. The SMILES string of the molecule is CC(C)c1cc(OCCN(C)C)nc2ccccc12. The Hall–Kier alpha value is -1.61. The third-order valence-corrected chi connectivity index (χ3v) is 3.14. The molecule has 19 heavy (non-hydrogen) atoms. The molecule has 0 atom stereocenters. The summed E-state index contributed by atoms with van der Waals surface area (Å²) in [5.41, 5.74) is 2.30. The summed E-state index contributed by atoms with van der Waals surface area (Å²) in [7, 11) is 4.08. The zero-order chi connectivity index (χ0) is 13.8. The second-order valence-corrected chi connectivity index (χ2v) is 5.37. The Morgan fingerprint density at radius 2 is 1.95 bits per heavy atom. The van der Waals surface area contributed by atoms with Crippen molar-refractivity contribution in [1.82, 2.24) is 9.88 Å². The average molecular weight is 258 g/mol. The molecule has 0 saturated heterocycles. The number of aromatic nitrogens is 1. The van der Waals surface area contributed by atoms with Gasteiger partial charge in [-0.05, 0) is 31.6 Å². The van der Waals surface area contributed by atoms with Gasteiger partial charge in [-0.2, -0.15) is 0 Å². The number of hydrogen-bond donors (Lipinski definition) is 0. The number of benzene rings is 1. The number of rotatable bonds is 5. The highest BCUT2D eigenvalue weighted by molar-refractivity contribution is 5.83. The van der Waals surface area contributed by atoms with Gasteiger partial charge >= 0.3 is 0 Å². The van der Waals surface area contributed by atoms with E-state index in [1.807, 2.05) is 26.2 Å². The molecule has 2 aromatic rings. The molecule has 0 aliphatic carbocycles. The molecule has 0 amide bonds. The van der Waals surface area contributed by atoms with Crippen molar-refractivity contribution in [3.63, 3.8) is 0 Å². The van der Waals surface area contributed by atoms with Crippen LogP contribution < -0.4 is 4.74 Å². The van der Waals surface area contributed by atoms with E-state index in [-0.39, 0.29) is 0 Å². The summed E-state index contributed by atoms with van der Waals surface area (Å²) in [6.45, 7) is 5.96. The van der Waals surface area contributed by atoms with E-state index in [9.17, 15) is 0 Å². The number of ether oxygens (including phenoxy) is 1. The van der Waals surface area contributed by atoms with Crippen LogP contribution in [-0.2, 0) is 0 Å². The van der Waals surface area contributed by atoms with Crippen LogP contribution in [0.4, 0.5) is 0 Å². The number of para-hydroxylation sites is 1. The van der Waals surface area contributed by atoms with E-state index in [0.717, 1.165) is 17.9 Å². The van der Waals surface area contributed by atoms with Crippen molar-refractivity contribution >= 4 is 10.9 Å². The second-order valence-electron chi connectivity index (χ2n) is 5.37. The zero-order valence-corrected chi connectivity index (χ0v) is 12.2. The van der Waals surface area contributed by atoms with E-state index in [4.69, 9.17) is 4.74 Å². The lowest BCUT2D eigenvalue weighted by Crippen LogP contribution is -2.19. The minimum atomic E-state index is 0.462. The lowest BCUT2D eigenvalue weighted by atomic mass is 9.99. The molecule has 0 radical (unpaired) electrons. The third-order valence-electron chi connectivity index (χ3n) is 3.14. The molecule has 0 aliphatic heterocycles. The summed E-state index contributed by atoms with van der Waals surface area (Å²) in [6.07, 6.45) is 0. The van der Waals surface area contributed by atoms with Crippen LogP contribution in [0.3, 0.4) is 0 Å². The number of pyridine rings is 1. The number of nitrogens with zero attached hydrogens (tertiary/aromatic N) is 2. The van der Waals surface area contributed by atoms with Gasteiger partial charge < -0.3 is 9.64 Å². The van der Waals surface area contributed by atoms with Gasteiger partial charge in [-0.1, -0.05) is 32.0 Å². The number of hydrogen-bond acceptors (Lipinski definition) is 3. The Balaban J connectivity index is 2.30. The van der Waals surface area contributed by atoms with E-state index >= 15 is 0 Å². The zero-order valence-electron chi connectivity index (χ0n) is 12.2. The van der Waals surface area contributed by atoms with Crippen LogP contribution in [0, 0.1) is 0 Å². The Kier molecular flexibility index (Phi) is 4.38. The maximum absolute atomic E-state index is 5.76. The molecule has 0 fully saturated rings. The topological polar surface area (TPSA) is 25.4 Å². The van der Waals surface area contributed by atoms with Crippen molar-refractivity contribution in [3.05, 3.63) is 35.9 Å². The van der Waals surface area contributed by atoms with E-state index < -0.39 is 0 Å². The highest BCUT2D eigenvalue weighted by Gasteiger charge is 2.09. The molecule has 102 valence electrons. The van der Waals surface area contributed by atoms with Crippen LogP contribution in [0.1, 0.15) is 25.3 Å². The first-order chi connectivity index (χ1) is 9.08. The van der Waals surface area contributed by atoms with Crippen molar-refractivity contribution in [3.8, 4) is 5.88 Å². The summed E-state index contributed by atoms with van der Waals surface area (Å²) in [4.78, 5) is 6.68. The summed E-state index contributed by atoms with van der Waals surface area (Å²) in [6, 6.07) is 10.3. The van der Waals surface area contributed by atoms with Crippen LogP contribution in [0.2, 0.25) is 0 Å². The first kappa shape index (κ1) is 13.8. The van der Waals surface area contributed by atoms with Gasteiger partial charge in [-0.3, -0.25) is 0 Å². The molecule has 3 nitrogen and oxygen atoms in total. The lowest BCUT2D eigenvalue weighted by Gasteiger charge is -2.14. The van der Waals surface area contributed by atoms with Gasteiger partial charge in [0.25, 0.3) is 0 Å². The molecule has 1 aromatic carbocycles. The van der Waals surface area contributed by atoms with Crippen LogP contribution in [0.25, 0.3) is 10.9 Å². The van der Waals surface area contributed by atoms with Crippen LogP contribution in [0.15, 0.2) is 30.3 Å². The molecule has 0 aliphatic rings. The molecule has 0 unspecified atom stereocenters. The molecule has 0 spiro atoms. The lowest BCUT2D eigenvalue weighted by molar-refractivity contribution is 0.254. The standard InChI is InChI=1S/C16H22N2O/c1-12(2)14-11-16(19-10-9-18(3)4)17-15-8-6-5-7-13(14)15/h5-8,11-12H,9-10H2,1-4H3. The fourth-order valence-corrected chi connectivity index (χ4v) is 2.06. The first-order valence-corrected chi connectivity index (χ1v) is 6.75. The van der Waals surface area contributed by atoms with Crippen LogP contribution in [0.5, 0.6) is 5.88 Å². The molecule has 3 heteroatoms. The monoisotopic (exact) mass is 258 g/mol. The van der Waals surface area contributed by atoms with E-state index in [0.29, 0.717) is 12.5 Å². The van der Waals surface area contributed by atoms with E-state index in [2.05, 4.69) is 41.9 Å². The summed E-state index contributed by atoms with van der Waals surface area (Å²) >= 11 is 0. The molecule has 0 N–H and O–H groups in total. The fraction of sp³-hybridized carbons (Fsp3) is 0.438. The van der Waals surface area contributed by atoms with Gasteiger partial charge in [0.2, 0.25) is 5.88 Å². The highest BCUT2D eigenvalue weighted by atomic mass is 16.5. The maximum atomic E-state index is 5.76. The predicted molar refractivity (Wildman–Crippen MR) is 79.9 cm³/mol. The molecular weight excluding hydrogens is 236 g/mol. The van der Waals surface area contributed by atoms with E-state index in [1.54, 1.807) is 0 Å².